The van der Waals surface area contributed by atoms with Crippen LogP contribution in [0.4, 0.5) is 0 Å². The third-order valence-corrected chi connectivity index (χ3v) is 6.68. The Hall–Kier alpha value is -0.430. The highest BCUT2D eigenvalue weighted by Gasteiger charge is 2.26. The number of nitrogens with zero attached hydrogens (tertiary/aromatic N) is 1. The summed E-state index contributed by atoms with van der Waals surface area (Å²) in [5.74, 6) is 0.371. The Balaban J connectivity index is 3.12. The van der Waals surface area contributed by atoms with Crippen molar-refractivity contribution in [2.45, 2.75) is 45.1 Å². The van der Waals surface area contributed by atoms with Crippen LogP contribution in [-0.4, -0.2) is 30.9 Å². The van der Waals surface area contributed by atoms with Crippen LogP contribution < -0.4 is 0 Å². The molecule has 1 rings (SSSR count). The number of aliphatic hydroxyl groups is 1. The largest absolute Gasteiger partial charge is 0.392 e. The fourth-order valence-electron chi connectivity index (χ4n) is 2.22. The number of benzene rings is 1. The van der Waals surface area contributed by atoms with E-state index in [0.29, 0.717) is 29.0 Å². The van der Waals surface area contributed by atoms with E-state index in [1.165, 1.54) is 4.31 Å². The number of sulfonamides is 1. The number of halogens is 1. The molecule has 21 heavy (non-hydrogen) atoms. The van der Waals surface area contributed by atoms with E-state index in [4.69, 9.17) is 5.11 Å². The lowest BCUT2D eigenvalue weighted by Crippen LogP contribution is -2.35. The van der Waals surface area contributed by atoms with Gasteiger partial charge in [-0.3, -0.25) is 0 Å². The van der Waals surface area contributed by atoms with Crippen molar-refractivity contribution in [1.29, 1.82) is 0 Å². The quantitative estimate of drug-likeness (QED) is 0.755. The molecule has 0 heterocycles. The second kappa shape index (κ2) is 8.27. The van der Waals surface area contributed by atoms with Gasteiger partial charge in [-0.25, -0.2) is 8.42 Å². The molecule has 0 aliphatic carbocycles. The van der Waals surface area contributed by atoms with Gasteiger partial charge in [0.15, 0.2) is 0 Å². The Morgan fingerprint density at radius 2 is 1.86 bits per heavy atom. The van der Waals surface area contributed by atoms with Crippen molar-refractivity contribution in [3.8, 4) is 0 Å². The molecule has 6 heteroatoms. The average Bonchev–Trinajstić information content (AvgIpc) is 2.47. The molecule has 120 valence electrons. The van der Waals surface area contributed by atoms with Gasteiger partial charge in [-0.15, -0.1) is 0 Å². The maximum Gasteiger partial charge on any atom is 0.244 e. The monoisotopic (exact) mass is 377 g/mol. The standard InChI is InChI=1S/C15H24BrNO3S/c1-4-12(5-2)10-17(6-3)21(19,20)15-8-7-13(11-18)9-14(15)16/h7-9,12,18H,4-6,10-11H2,1-3H3. The molecule has 0 fully saturated rings. The van der Waals surface area contributed by atoms with Crippen molar-refractivity contribution in [1.82, 2.24) is 4.31 Å². The van der Waals surface area contributed by atoms with E-state index in [0.717, 1.165) is 12.8 Å². The van der Waals surface area contributed by atoms with Crippen LogP contribution in [0.15, 0.2) is 27.6 Å². The van der Waals surface area contributed by atoms with Crippen LogP contribution in [-0.2, 0) is 16.6 Å². The van der Waals surface area contributed by atoms with Crippen molar-refractivity contribution in [3.63, 3.8) is 0 Å². The van der Waals surface area contributed by atoms with Gasteiger partial charge in [0, 0.05) is 17.6 Å². The molecule has 0 radical (unpaired) electrons. The summed E-state index contributed by atoms with van der Waals surface area (Å²) in [6, 6.07) is 4.85. The summed E-state index contributed by atoms with van der Waals surface area (Å²) in [5, 5.41) is 9.11. The smallest absolute Gasteiger partial charge is 0.244 e. The Labute approximate surface area is 136 Å². The molecule has 0 saturated heterocycles. The first kappa shape index (κ1) is 18.6. The van der Waals surface area contributed by atoms with Gasteiger partial charge >= 0.3 is 0 Å². The summed E-state index contributed by atoms with van der Waals surface area (Å²) in [6.07, 6.45) is 1.93. The van der Waals surface area contributed by atoms with Crippen LogP contribution in [0.1, 0.15) is 39.2 Å². The first-order valence-corrected chi connectivity index (χ1v) is 9.53. The highest BCUT2D eigenvalue weighted by atomic mass is 79.9. The van der Waals surface area contributed by atoms with Crippen molar-refractivity contribution in [3.05, 3.63) is 28.2 Å². The van der Waals surface area contributed by atoms with Crippen LogP contribution in [0.2, 0.25) is 0 Å². The van der Waals surface area contributed by atoms with E-state index >= 15 is 0 Å². The predicted octanol–water partition coefficient (Wildman–Crippen LogP) is 3.39. The molecule has 0 bridgehead atoms. The summed E-state index contributed by atoms with van der Waals surface area (Å²) < 4.78 is 27.6. The van der Waals surface area contributed by atoms with Crippen molar-refractivity contribution < 1.29 is 13.5 Å². The Morgan fingerprint density at radius 3 is 2.29 bits per heavy atom. The zero-order valence-electron chi connectivity index (χ0n) is 12.8. The molecule has 0 saturated carbocycles. The van der Waals surface area contributed by atoms with E-state index in [1.807, 2.05) is 6.92 Å². The van der Waals surface area contributed by atoms with Crippen LogP contribution in [0.3, 0.4) is 0 Å². The van der Waals surface area contributed by atoms with E-state index < -0.39 is 10.0 Å². The molecule has 0 amide bonds. The topological polar surface area (TPSA) is 57.6 Å². The highest BCUT2D eigenvalue weighted by Crippen LogP contribution is 2.27. The minimum atomic E-state index is -3.52. The van der Waals surface area contributed by atoms with Gasteiger partial charge in [0.25, 0.3) is 0 Å². The molecule has 0 aromatic heterocycles. The van der Waals surface area contributed by atoms with Crippen LogP contribution in [0.5, 0.6) is 0 Å². The minimum absolute atomic E-state index is 0.107. The lowest BCUT2D eigenvalue weighted by Gasteiger charge is -2.25. The van der Waals surface area contributed by atoms with Gasteiger partial charge in [0.2, 0.25) is 10.0 Å². The second-order valence-corrected chi connectivity index (χ2v) is 7.82. The van der Waals surface area contributed by atoms with Crippen molar-refractivity contribution in [2.75, 3.05) is 13.1 Å². The average molecular weight is 378 g/mol. The zero-order chi connectivity index (χ0) is 16.0. The first-order valence-electron chi connectivity index (χ1n) is 7.30. The normalized spacial score (nSPS) is 12.3. The summed E-state index contributed by atoms with van der Waals surface area (Å²) in [4.78, 5) is 0.257. The van der Waals surface area contributed by atoms with Gasteiger partial charge in [-0.1, -0.05) is 39.7 Å². The molecule has 0 aliphatic rings. The van der Waals surface area contributed by atoms with E-state index in [-0.39, 0.29) is 11.5 Å². The van der Waals surface area contributed by atoms with Crippen LogP contribution >= 0.6 is 15.9 Å². The number of aliphatic hydroxyl groups excluding tert-OH is 1. The number of rotatable bonds is 8. The maximum atomic E-state index is 12.8. The summed E-state index contributed by atoms with van der Waals surface area (Å²) >= 11 is 3.30. The molecule has 1 aromatic rings. The highest BCUT2D eigenvalue weighted by molar-refractivity contribution is 9.10. The lowest BCUT2D eigenvalue weighted by atomic mass is 10.0. The number of hydrogen-bond donors (Lipinski definition) is 1. The summed E-state index contributed by atoms with van der Waals surface area (Å²) in [7, 11) is -3.52. The molecule has 0 spiro atoms. The molecule has 0 aliphatic heterocycles. The Morgan fingerprint density at radius 1 is 1.24 bits per heavy atom. The first-order chi connectivity index (χ1) is 9.90. The van der Waals surface area contributed by atoms with Crippen LogP contribution in [0.25, 0.3) is 0 Å². The second-order valence-electron chi connectivity index (χ2n) is 5.06. The van der Waals surface area contributed by atoms with E-state index in [2.05, 4.69) is 29.8 Å². The number of hydrogen-bond acceptors (Lipinski definition) is 3. The van der Waals surface area contributed by atoms with Crippen molar-refractivity contribution >= 4 is 26.0 Å². The molecular formula is C15H24BrNO3S. The van der Waals surface area contributed by atoms with E-state index in [9.17, 15) is 8.42 Å². The molecule has 1 N–H and O–H groups in total. The lowest BCUT2D eigenvalue weighted by molar-refractivity contribution is 0.281. The molecular weight excluding hydrogens is 354 g/mol. The molecule has 1 aromatic carbocycles. The van der Waals surface area contributed by atoms with Gasteiger partial charge in [0.1, 0.15) is 0 Å². The molecule has 0 atom stereocenters. The predicted molar refractivity (Wildman–Crippen MR) is 88.6 cm³/mol. The molecule has 4 nitrogen and oxygen atoms in total. The Bertz CT molecular complexity index is 556. The summed E-state index contributed by atoms with van der Waals surface area (Å²) in [6.45, 7) is 6.91. The van der Waals surface area contributed by atoms with E-state index in [1.54, 1.807) is 18.2 Å². The minimum Gasteiger partial charge on any atom is -0.392 e. The van der Waals surface area contributed by atoms with Gasteiger partial charge in [0.05, 0.1) is 11.5 Å². The summed E-state index contributed by atoms with van der Waals surface area (Å²) in [5.41, 5.74) is 0.684. The van der Waals surface area contributed by atoms with Gasteiger partial charge in [-0.2, -0.15) is 4.31 Å². The zero-order valence-corrected chi connectivity index (χ0v) is 15.2. The van der Waals surface area contributed by atoms with Crippen molar-refractivity contribution in [2.24, 2.45) is 5.92 Å². The fourth-order valence-corrected chi connectivity index (χ4v) is 4.83. The fraction of sp³-hybridized carbons (Fsp3) is 0.600. The SMILES string of the molecule is CCC(CC)CN(CC)S(=O)(=O)c1ccc(CO)cc1Br. The Kier molecular flexibility index (Phi) is 7.33. The van der Waals surface area contributed by atoms with Gasteiger partial charge < -0.3 is 5.11 Å². The van der Waals surface area contributed by atoms with Crippen LogP contribution in [0, 0.1) is 5.92 Å². The third kappa shape index (κ3) is 4.52. The third-order valence-electron chi connectivity index (χ3n) is 3.77. The molecule has 0 unspecified atom stereocenters. The maximum absolute atomic E-state index is 12.8. The van der Waals surface area contributed by atoms with Gasteiger partial charge in [-0.05, 0) is 39.5 Å².